The van der Waals surface area contributed by atoms with Crippen molar-refractivity contribution < 1.29 is 19.8 Å². The van der Waals surface area contributed by atoms with Gasteiger partial charge in [-0.3, -0.25) is 0 Å². The maximum atomic E-state index is 12.0. The van der Waals surface area contributed by atoms with Crippen molar-refractivity contribution in [1.29, 1.82) is 0 Å². The number of carbonyl (C=O) groups excluding carboxylic acids is 1. The van der Waals surface area contributed by atoms with Crippen molar-refractivity contribution in [3.63, 3.8) is 0 Å². The highest BCUT2D eigenvalue weighted by molar-refractivity contribution is 5.82. The number of rotatable bonds is 3. The van der Waals surface area contributed by atoms with Crippen molar-refractivity contribution in [1.82, 2.24) is 15.1 Å². The minimum atomic E-state index is -1.24. The first-order chi connectivity index (χ1) is 8.45. The number of carboxylic acids is 1. The van der Waals surface area contributed by atoms with Crippen LogP contribution in [0.25, 0.3) is 0 Å². The average molecular weight is 259 g/mol. The third kappa shape index (κ3) is 3.85. The molecule has 1 aliphatic heterocycles. The van der Waals surface area contributed by atoms with Gasteiger partial charge in [-0.2, -0.15) is 0 Å². The number of hydrogen-bond donors (Lipinski definition) is 3. The van der Waals surface area contributed by atoms with Gasteiger partial charge in [-0.1, -0.05) is 0 Å². The third-order valence-corrected chi connectivity index (χ3v) is 3.09. The van der Waals surface area contributed by atoms with Crippen molar-refractivity contribution in [3.05, 3.63) is 0 Å². The third-order valence-electron chi connectivity index (χ3n) is 3.09. The first-order valence-electron chi connectivity index (χ1n) is 6.05. The number of nitrogens with zero attached hydrogens (tertiary/aromatic N) is 2. The fourth-order valence-electron chi connectivity index (χ4n) is 2.09. The Morgan fingerprint density at radius 3 is 2.67 bits per heavy atom. The lowest BCUT2D eigenvalue weighted by Gasteiger charge is -2.29. The molecule has 1 aliphatic rings. The van der Waals surface area contributed by atoms with Gasteiger partial charge in [0.25, 0.3) is 0 Å². The minimum absolute atomic E-state index is 0.0191. The Balaban J connectivity index is 2.61. The van der Waals surface area contributed by atoms with E-state index in [1.807, 2.05) is 14.0 Å². The van der Waals surface area contributed by atoms with Gasteiger partial charge in [-0.15, -0.1) is 0 Å². The molecule has 1 fully saturated rings. The van der Waals surface area contributed by atoms with Gasteiger partial charge in [0.2, 0.25) is 0 Å². The molecule has 7 nitrogen and oxygen atoms in total. The normalized spacial score (nSPS) is 23.3. The number of carboxylic acid groups (broad SMARTS) is 1. The summed E-state index contributed by atoms with van der Waals surface area (Å²) < 4.78 is 0. The smallest absolute Gasteiger partial charge is 0.328 e. The summed E-state index contributed by atoms with van der Waals surface area (Å²) in [7, 11) is 1.99. The summed E-state index contributed by atoms with van der Waals surface area (Å²) in [5.41, 5.74) is 0. The molecule has 0 radical (unpaired) electrons. The van der Waals surface area contributed by atoms with Gasteiger partial charge in [0.15, 0.2) is 6.04 Å². The Kier molecular flexibility index (Phi) is 5.36. The summed E-state index contributed by atoms with van der Waals surface area (Å²) >= 11 is 0. The molecule has 7 heteroatoms. The van der Waals surface area contributed by atoms with E-state index in [9.17, 15) is 9.59 Å². The number of hydrogen-bond acceptors (Lipinski definition) is 4. The van der Waals surface area contributed by atoms with E-state index in [2.05, 4.69) is 10.2 Å². The Labute approximate surface area is 106 Å². The average Bonchev–Trinajstić information content (AvgIpc) is 2.46. The van der Waals surface area contributed by atoms with Crippen LogP contribution >= 0.6 is 0 Å². The second-order valence-corrected chi connectivity index (χ2v) is 4.68. The molecule has 0 spiro atoms. The van der Waals surface area contributed by atoms with Crippen LogP contribution < -0.4 is 5.32 Å². The van der Waals surface area contributed by atoms with E-state index in [1.165, 1.54) is 0 Å². The number of nitrogens with one attached hydrogen (secondary N) is 1. The van der Waals surface area contributed by atoms with Crippen molar-refractivity contribution >= 4 is 12.0 Å². The van der Waals surface area contributed by atoms with E-state index < -0.39 is 24.6 Å². The number of amides is 2. The second-order valence-electron chi connectivity index (χ2n) is 4.68. The number of likely N-dealkylation sites (N-methyl/N-ethyl adjacent to an activating group) is 1. The van der Waals surface area contributed by atoms with Crippen LogP contribution in [-0.2, 0) is 4.79 Å². The maximum Gasteiger partial charge on any atom is 0.328 e. The number of urea groups is 1. The summed E-state index contributed by atoms with van der Waals surface area (Å²) in [5, 5.41) is 20.0. The van der Waals surface area contributed by atoms with Crippen LogP contribution in [0.4, 0.5) is 4.79 Å². The van der Waals surface area contributed by atoms with Crippen LogP contribution in [0.1, 0.15) is 13.3 Å². The zero-order valence-corrected chi connectivity index (χ0v) is 10.8. The van der Waals surface area contributed by atoms with Crippen molar-refractivity contribution in [2.24, 2.45) is 0 Å². The Morgan fingerprint density at radius 2 is 2.11 bits per heavy atom. The van der Waals surface area contributed by atoms with Crippen molar-refractivity contribution in [2.75, 3.05) is 33.3 Å². The van der Waals surface area contributed by atoms with E-state index in [-0.39, 0.29) is 6.04 Å². The summed E-state index contributed by atoms with van der Waals surface area (Å²) in [5.74, 6) is -1.23. The van der Waals surface area contributed by atoms with E-state index >= 15 is 0 Å². The standard InChI is InChI=1S/C11H21N3O4/c1-8-6-13(2)4-3-5-14(8)11(18)12-9(7-15)10(16)17/h8-9,15H,3-7H2,1-2H3,(H,12,18)(H,16,17)/t8?,9-/m1/s1. The molecule has 0 aromatic rings. The van der Waals surface area contributed by atoms with Gasteiger partial charge >= 0.3 is 12.0 Å². The van der Waals surface area contributed by atoms with E-state index in [1.54, 1.807) is 4.90 Å². The molecule has 2 amide bonds. The molecule has 104 valence electrons. The van der Waals surface area contributed by atoms with Crippen LogP contribution in [0.5, 0.6) is 0 Å². The molecule has 0 saturated carbocycles. The molecule has 0 aromatic heterocycles. The maximum absolute atomic E-state index is 12.0. The molecule has 2 atom stereocenters. The van der Waals surface area contributed by atoms with Gasteiger partial charge in [0, 0.05) is 19.1 Å². The molecule has 1 unspecified atom stereocenters. The predicted molar refractivity (Wildman–Crippen MR) is 65.3 cm³/mol. The Morgan fingerprint density at radius 1 is 1.44 bits per heavy atom. The summed E-state index contributed by atoms with van der Waals surface area (Å²) in [6.45, 7) is 3.58. The Bertz CT molecular complexity index is 311. The molecule has 1 saturated heterocycles. The zero-order chi connectivity index (χ0) is 13.7. The lowest BCUT2D eigenvalue weighted by molar-refractivity contribution is -0.140. The summed E-state index contributed by atoms with van der Waals surface area (Å²) in [4.78, 5) is 26.5. The van der Waals surface area contributed by atoms with E-state index in [4.69, 9.17) is 10.2 Å². The lowest BCUT2D eigenvalue weighted by Crippen LogP contribution is -2.53. The lowest BCUT2D eigenvalue weighted by atomic mass is 10.2. The molecular weight excluding hydrogens is 238 g/mol. The van der Waals surface area contributed by atoms with Crippen LogP contribution in [0.15, 0.2) is 0 Å². The summed E-state index contributed by atoms with van der Waals surface area (Å²) in [6.07, 6.45) is 0.852. The molecule has 0 bridgehead atoms. The SMILES string of the molecule is CC1CN(C)CCCN1C(=O)N[C@H](CO)C(=O)O. The first-order valence-corrected chi connectivity index (χ1v) is 6.05. The largest absolute Gasteiger partial charge is 0.480 e. The molecule has 3 N–H and O–H groups in total. The highest BCUT2D eigenvalue weighted by Gasteiger charge is 2.27. The second kappa shape index (κ2) is 6.55. The Hall–Kier alpha value is -1.34. The van der Waals surface area contributed by atoms with Gasteiger partial charge in [0.1, 0.15) is 0 Å². The fraction of sp³-hybridized carbons (Fsp3) is 0.818. The predicted octanol–water partition coefficient (Wildman–Crippen LogP) is -0.832. The first kappa shape index (κ1) is 14.7. The number of aliphatic hydroxyl groups excluding tert-OH is 1. The van der Waals surface area contributed by atoms with Gasteiger partial charge in [-0.05, 0) is 26.9 Å². The molecule has 0 aromatic carbocycles. The molecule has 18 heavy (non-hydrogen) atoms. The minimum Gasteiger partial charge on any atom is -0.480 e. The van der Waals surface area contributed by atoms with E-state index in [0.717, 1.165) is 19.5 Å². The van der Waals surface area contributed by atoms with Gasteiger partial charge in [-0.25, -0.2) is 9.59 Å². The fourth-order valence-corrected chi connectivity index (χ4v) is 2.09. The molecule has 0 aliphatic carbocycles. The van der Waals surface area contributed by atoms with Crippen molar-refractivity contribution in [3.8, 4) is 0 Å². The summed E-state index contributed by atoms with van der Waals surface area (Å²) in [6, 6.07) is -1.66. The van der Waals surface area contributed by atoms with Crippen molar-refractivity contribution in [2.45, 2.75) is 25.4 Å². The highest BCUT2D eigenvalue weighted by Crippen LogP contribution is 2.08. The quantitative estimate of drug-likeness (QED) is 0.615. The molecule has 1 heterocycles. The molecular formula is C11H21N3O4. The highest BCUT2D eigenvalue weighted by atomic mass is 16.4. The van der Waals surface area contributed by atoms with Crippen LogP contribution in [0.2, 0.25) is 0 Å². The number of aliphatic carboxylic acids is 1. The van der Waals surface area contributed by atoms with Gasteiger partial charge in [0.05, 0.1) is 6.61 Å². The van der Waals surface area contributed by atoms with Crippen LogP contribution in [0, 0.1) is 0 Å². The molecule has 1 rings (SSSR count). The van der Waals surface area contributed by atoms with Gasteiger partial charge < -0.3 is 25.3 Å². The number of aliphatic hydroxyl groups is 1. The topological polar surface area (TPSA) is 93.1 Å². The van der Waals surface area contributed by atoms with E-state index in [0.29, 0.717) is 6.54 Å². The number of carbonyl (C=O) groups is 2. The van der Waals surface area contributed by atoms with Crippen LogP contribution in [0.3, 0.4) is 0 Å². The zero-order valence-electron chi connectivity index (χ0n) is 10.8. The monoisotopic (exact) mass is 259 g/mol. The van der Waals surface area contributed by atoms with Crippen LogP contribution in [-0.4, -0.2) is 77.4 Å².